The number of rotatable bonds is 3. The van der Waals surface area contributed by atoms with Crippen molar-refractivity contribution in [2.24, 2.45) is 7.05 Å². The lowest BCUT2D eigenvalue weighted by Gasteiger charge is -2.42. The van der Waals surface area contributed by atoms with Gasteiger partial charge in [-0.25, -0.2) is 8.42 Å². The zero-order valence-corrected chi connectivity index (χ0v) is 11.3. The normalized spacial score (nSPS) is 23.4. The molecule has 0 spiro atoms. The van der Waals surface area contributed by atoms with E-state index in [9.17, 15) is 8.42 Å². The predicted octanol–water partition coefficient (Wildman–Crippen LogP) is -0.111. The van der Waals surface area contributed by atoms with Gasteiger partial charge in [0.25, 0.3) is 0 Å². The number of hydrogen-bond donors (Lipinski definition) is 0. The van der Waals surface area contributed by atoms with Gasteiger partial charge in [0, 0.05) is 32.4 Å². The van der Waals surface area contributed by atoms with E-state index in [4.69, 9.17) is 0 Å². The molecule has 0 atom stereocenters. The zero-order valence-electron chi connectivity index (χ0n) is 10.5. The van der Waals surface area contributed by atoms with Crippen LogP contribution in [0.3, 0.4) is 0 Å². The monoisotopic (exact) mass is 270 g/mol. The smallest absolute Gasteiger partial charge is 0.246 e. The molecule has 0 saturated carbocycles. The summed E-state index contributed by atoms with van der Waals surface area (Å²) in [5, 5.41) is 3.92. The number of hydrogen-bond acceptors (Lipinski definition) is 4. The lowest BCUT2D eigenvalue weighted by atomic mass is 10.1. The summed E-state index contributed by atoms with van der Waals surface area (Å²) in [6.45, 7) is 3.48. The predicted molar refractivity (Wildman–Crippen MR) is 66.6 cm³/mol. The van der Waals surface area contributed by atoms with Gasteiger partial charge in [-0.1, -0.05) is 0 Å². The second-order valence-electron chi connectivity index (χ2n) is 5.07. The topological polar surface area (TPSA) is 58.4 Å². The average Bonchev–Trinajstić information content (AvgIpc) is 2.86. The van der Waals surface area contributed by atoms with Crippen LogP contribution in [0.2, 0.25) is 0 Å². The van der Waals surface area contributed by atoms with E-state index in [0.29, 0.717) is 24.0 Å². The van der Waals surface area contributed by atoms with E-state index >= 15 is 0 Å². The molecule has 6 nitrogen and oxygen atoms in total. The molecule has 1 aromatic heterocycles. The van der Waals surface area contributed by atoms with Crippen LogP contribution in [0, 0.1) is 0 Å². The minimum atomic E-state index is -3.32. The molecule has 2 aliphatic rings. The molecule has 0 radical (unpaired) electrons. The Kier molecular flexibility index (Phi) is 2.91. The van der Waals surface area contributed by atoms with Crippen molar-refractivity contribution in [1.82, 2.24) is 19.0 Å². The summed E-state index contributed by atoms with van der Waals surface area (Å²) < 4.78 is 27.6. The lowest BCUT2D eigenvalue weighted by molar-refractivity contribution is 0.110. The molecule has 2 aliphatic heterocycles. The van der Waals surface area contributed by atoms with Crippen molar-refractivity contribution in [2.45, 2.75) is 23.8 Å². The summed E-state index contributed by atoms with van der Waals surface area (Å²) in [7, 11) is -1.60. The van der Waals surface area contributed by atoms with Crippen LogP contribution >= 0.6 is 0 Å². The summed E-state index contributed by atoms with van der Waals surface area (Å²) in [5.41, 5.74) is 0. The number of likely N-dealkylation sites (tertiary alicyclic amines) is 1. The Hall–Kier alpha value is -0.920. The summed E-state index contributed by atoms with van der Waals surface area (Å²) >= 11 is 0. The van der Waals surface area contributed by atoms with E-state index in [2.05, 4.69) is 10.00 Å². The molecule has 0 amide bonds. The quantitative estimate of drug-likeness (QED) is 0.769. The van der Waals surface area contributed by atoms with Crippen molar-refractivity contribution in [2.75, 3.05) is 26.2 Å². The molecule has 0 N–H and O–H groups in total. The van der Waals surface area contributed by atoms with Crippen molar-refractivity contribution in [3.8, 4) is 0 Å². The second kappa shape index (κ2) is 4.32. The Morgan fingerprint density at radius 1 is 1.28 bits per heavy atom. The fourth-order valence-electron chi connectivity index (χ4n) is 2.63. The fourth-order valence-corrected chi connectivity index (χ4v) is 4.13. The highest BCUT2D eigenvalue weighted by atomic mass is 32.2. The van der Waals surface area contributed by atoms with Crippen molar-refractivity contribution < 1.29 is 8.42 Å². The number of aryl methyl sites for hydroxylation is 1. The number of aromatic nitrogens is 2. The maximum Gasteiger partial charge on any atom is 0.246 e. The first-order valence-electron chi connectivity index (χ1n) is 6.30. The molecule has 0 unspecified atom stereocenters. The highest BCUT2D eigenvalue weighted by Crippen LogP contribution is 2.25. The van der Waals surface area contributed by atoms with Gasteiger partial charge < -0.3 is 0 Å². The first-order chi connectivity index (χ1) is 8.57. The van der Waals surface area contributed by atoms with E-state index in [1.807, 2.05) is 0 Å². The average molecular weight is 270 g/mol. The fraction of sp³-hybridized carbons (Fsp3) is 0.727. The first kappa shape index (κ1) is 12.1. The minimum Gasteiger partial charge on any atom is -0.298 e. The van der Waals surface area contributed by atoms with E-state index < -0.39 is 10.0 Å². The molecule has 1 aromatic rings. The van der Waals surface area contributed by atoms with Gasteiger partial charge in [-0.15, -0.1) is 0 Å². The van der Waals surface area contributed by atoms with Crippen LogP contribution in [-0.2, 0) is 17.1 Å². The Balaban J connectivity index is 1.67. The summed E-state index contributed by atoms with van der Waals surface area (Å²) in [6, 6.07) is 0.416. The van der Waals surface area contributed by atoms with Crippen molar-refractivity contribution >= 4 is 10.0 Å². The maximum atomic E-state index is 12.2. The Morgan fingerprint density at radius 3 is 2.50 bits per heavy atom. The molecular formula is C11H18N4O2S. The van der Waals surface area contributed by atoms with Crippen LogP contribution in [0.4, 0.5) is 0 Å². The molecule has 2 saturated heterocycles. The van der Waals surface area contributed by atoms with Crippen LogP contribution in [0.15, 0.2) is 17.3 Å². The molecule has 2 fully saturated rings. The molecule has 3 heterocycles. The third kappa shape index (κ3) is 1.96. The van der Waals surface area contributed by atoms with Crippen LogP contribution < -0.4 is 0 Å². The summed E-state index contributed by atoms with van der Waals surface area (Å²) in [5.74, 6) is 0. The summed E-state index contributed by atoms with van der Waals surface area (Å²) in [4.78, 5) is 2.69. The zero-order chi connectivity index (χ0) is 12.8. The first-order valence-corrected chi connectivity index (χ1v) is 7.74. The molecule has 0 bridgehead atoms. The minimum absolute atomic E-state index is 0.296. The Morgan fingerprint density at radius 2 is 1.94 bits per heavy atom. The van der Waals surface area contributed by atoms with Gasteiger partial charge in [-0.05, 0) is 25.9 Å². The Bertz CT molecular complexity index is 527. The molecule has 18 heavy (non-hydrogen) atoms. The molecule has 3 rings (SSSR count). The highest BCUT2D eigenvalue weighted by Gasteiger charge is 2.40. The van der Waals surface area contributed by atoms with Gasteiger partial charge in [-0.3, -0.25) is 9.58 Å². The van der Waals surface area contributed by atoms with Crippen molar-refractivity contribution in [3.63, 3.8) is 0 Å². The van der Waals surface area contributed by atoms with E-state index in [1.165, 1.54) is 23.7 Å². The SMILES string of the molecule is Cn1cc(S(=O)(=O)N2CC(N3CCCC3)C2)cn1. The van der Waals surface area contributed by atoms with Crippen molar-refractivity contribution in [3.05, 3.63) is 12.4 Å². The molecule has 0 aromatic carbocycles. The second-order valence-corrected chi connectivity index (χ2v) is 7.01. The largest absolute Gasteiger partial charge is 0.298 e. The molecular weight excluding hydrogens is 252 g/mol. The molecule has 7 heteroatoms. The number of nitrogens with zero attached hydrogens (tertiary/aromatic N) is 4. The van der Waals surface area contributed by atoms with E-state index in [1.54, 1.807) is 17.5 Å². The van der Waals surface area contributed by atoms with Gasteiger partial charge in [0.2, 0.25) is 10.0 Å². The molecule has 100 valence electrons. The Labute approximate surface area is 107 Å². The van der Waals surface area contributed by atoms with Crippen LogP contribution in [0.25, 0.3) is 0 Å². The highest BCUT2D eigenvalue weighted by molar-refractivity contribution is 7.89. The molecule has 0 aliphatic carbocycles. The van der Waals surface area contributed by atoms with Gasteiger partial charge >= 0.3 is 0 Å². The van der Waals surface area contributed by atoms with Gasteiger partial charge in [0.1, 0.15) is 4.90 Å². The third-order valence-corrected chi connectivity index (χ3v) is 5.59. The van der Waals surface area contributed by atoms with Gasteiger partial charge in [0.05, 0.1) is 6.20 Å². The van der Waals surface area contributed by atoms with Crippen LogP contribution in [0.5, 0.6) is 0 Å². The van der Waals surface area contributed by atoms with E-state index in [-0.39, 0.29) is 0 Å². The number of sulfonamides is 1. The van der Waals surface area contributed by atoms with Crippen LogP contribution in [-0.4, -0.2) is 59.6 Å². The van der Waals surface area contributed by atoms with Crippen molar-refractivity contribution in [1.29, 1.82) is 0 Å². The standard InChI is InChI=1S/C11H18N4O2S/c1-13-9-11(6-12-13)18(16,17)15-7-10(8-15)14-4-2-3-5-14/h6,9-10H,2-5,7-8H2,1H3. The van der Waals surface area contributed by atoms with E-state index in [0.717, 1.165) is 13.1 Å². The van der Waals surface area contributed by atoms with Gasteiger partial charge in [0.15, 0.2) is 0 Å². The lowest BCUT2D eigenvalue weighted by Crippen LogP contribution is -2.60. The van der Waals surface area contributed by atoms with Gasteiger partial charge in [-0.2, -0.15) is 9.40 Å². The van der Waals surface area contributed by atoms with Crippen LogP contribution in [0.1, 0.15) is 12.8 Å². The maximum absolute atomic E-state index is 12.2. The third-order valence-electron chi connectivity index (χ3n) is 3.80. The summed E-state index contributed by atoms with van der Waals surface area (Å²) in [6.07, 6.45) is 5.45.